The quantitative estimate of drug-likeness (QED) is 0.293. The summed E-state index contributed by atoms with van der Waals surface area (Å²) in [5.74, 6) is 1.07. The normalized spacial score (nSPS) is 10.7. The number of nitrogens with zero attached hydrogens (tertiary/aromatic N) is 3. The molecule has 0 aliphatic rings. The molecule has 150 valence electrons. The number of carbonyl (C=O) groups excluding carboxylic acids is 1. The molecule has 1 aromatic heterocycles. The molecule has 4 rings (SSSR count). The van der Waals surface area contributed by atoms with Crippen LogP contribution in [-0.2, 0) is 6.54 Å². The monoisotopic (exact) mass is 434 g/mol. The molecule has 0 bridgehead atoms. The maximum absolute atomic E-state index is 12.5. The Morgan fingerprint density at radius 1 is 0.900 bits per heavy atom. The number of benzene rings is 3. The number of aromatic nitrogens is 3. The van der Waals surface area contributed by atoms with Crippen molar-refractivity contribution in [1.82, 2.24) is 14.8 Å². The minimum absolute atomic E-state index is 0.0546. The highest BCUT2D eigenvalue weighted by Gasteiger charge is 2.16. The van der Waals surface area contributed by atoms with Gasteiger partial charge in [0.05, 0.1) is 23.0 Å². The van der Waals surface area contributed by atoms with Crippen molar-refractivity contribution in [3.8, 4) is 5.69 Å². The van der Waals surface area contributed by atoms with E-state index in [1.165, 1.54) is 11.8 Å². The van der Waals surface area contributed by atoms with Crippen LogP contribution in [-0.4, -0.2) is 26.3 Å². The van der Waals surface area contributed by atoms with Crippen LogP contribution >= 0.6 is 23.4 Å². The molecule has 7 heteroatoms. The van der Waals surface area contributed by atoms with Crippen LogP contribution in [0.1, 0.15) is 16.2 Å². The molecule has 30 heavy (non-hydrogen) atoms. The fourth-order valence-electron chi connectivity index (χ4n) is 2.96. The first-order valence-electron chi connectivity index (χ1n) is 9.41. The Hall–Kier alpha value is -3.09. The van der Waals surface area contributed by atoms with Gasteiger partial charge in [-0.15, -0.1) is 10.2 Å². The number of carbonyl (C=O) groups is 1. The molecule has 0 aliphatic heterocycles. The van der Waals surface area contributed by atoms with Crippen molar-refractivity contribution in [3.05, 3.63) is 101 Å². The van der Waals surface area contributed by atoms with E-state index in [2.05, 4.69) is 15.5 Å². The van der Waals surface area contributed by atoms with Crippen molar-refractivity contribution in [2.75, 3.05) is 11.1 Å². The minimum Gasteiger partial charge on any atom is -0.377 e. The Morgan fingerprint density at radius 2 is 1.57 bits per heavy atom. The molecule has 0 spiro atoms. The van der Waals surface area contributed by atoms with E-state index in [-0.39, 0.29) is 11.5 Å². The van der Waals surface area contributed by atoms with Gasteiger partial charge >= 0.3 is 0 Å². The van der Waals surface area contributed by atoms with Crippen molar-refractivity contribution >= 4 is 34.8 Å². The molecule has 1 N–H and O–H groups in total. The summed E-state index contributed by atoms with van der Waals surface area (Å²) in [6.07, 6.45) is 0. The van der Waals surface area contributed by atoms with Crippen molar-refractivity contribution in [1.29, 1.82) is 0 Å². The maximum Gasteiger partial charge on any atom is 0.196 e. The van der Waals surface area contributed by atoms with Gasteiger partial charge in [0.15, 0.2) is 16.8 Å². The molecule has 0 aliphatic carbocycles. The highest BCUT2D eigenvalue weighted by atomic mass is 35.5. The summed E-state index contributed by atoms with van der Waals surface area (Å²) in [6, 6.07) is 26.7. The van der Waals surface area contributed by atoms with Crippen LogP contribution in [0.15, 0.2) is 90.1 Å². The van der Waals surface area contributed by atoms with Crippen molar-refractivity contribution in [2.24, 2.45) is 0 Å². The second-order valence-corrected chi connectivity index (χ2v) is 7.83. The Bertz CT molecular complexity index is 1130. The predicted octanol–water partition coefficient (Wildman–Crippen LogP) is 5.51. The second-order valence-electron chi connectivity index (χ2n) is 6.48. The van der Waals surface area contributed by atoms with Crippen LogP contribution < -0.4 is 5.32 Å². The lowest BCUT2D eigenvalue weighted by atomic mass is 10.2. The van der Waals surface area contributed by atoms with Crippen LogP contribution in [0.25, 0.3) is 5.69 Å². The van der Waals surface area contributed by atoms with E-state index in [1.54, 1.807) is 0 Å². The van der Waals surface area contributed by atoms with Crippen LogP contribution in [0.4, 0.5) is 5.69 Å². The number of thioether (sulfide) groups is 1. The lowest BCUT2D eigenvalue weighted by Gasteiger charge is -2.12. The Balaban J connectivity index is 1.56. The summed E-state index contributed by atoms with van der Waals surface area (Å²) in [6.45, 7) is 0.443. The largest absolute Gasteiger partial charge is 0.377 e. The summed E-state index contributed by atoms with van der Waals surface area (Å²) in [5, 5.41) is 13.3. The highest BCUT2D eigenvalue weighted by Crippen LogP contribution is 2.25. The fraction of sp³-hybridized carbons (Fsp3) is 0.0870. The lowest BCUT2D eigenvalue weighted by molar-refractivity contribution is 0.102. The number of nitrogens with one attached hydrogen (secondary N) is 1. The summed E-state index contributed by atoms with van der Waals surface area (Å²) in [4.78, 5) is 12.5. The Kier molecular flexibility index (Phi) is 6.47. The summed E-state index contributed by atoms with van der Waals surface area (Å²) >= 11 is 7.62. The van der Waals surface area contributed by atoms with Gasteiger partial charge < -0.3 is 5.32 Å². The molecule has 0 amide bonds. The Labute approximate surface area is 184 Å². The number of para-hydroxylation sites is 2. The first-order valence-corrected chi connectivity index (χ1v) is 10.8. The number of anilines is 1. The van der Waals surface area contributed by atoms with Crippen molar-refractivity contribution in [2.45, 2.75) is 11.7 Å². The minimum atomic E-state index is 0.0546. The third-order valence-electron chi connectivity index (χ3n) is 4.45. The van der Waals surface area contributed by atoms with E-state index >= 15 is 0 Å². The highest BCUT2D eigenvalue weighted by molar-refractivity contribution is 7.99. The van der Waals surface area contributed by atoms with E-state index in [0.717, 1.165) is 17.2 Å². The van der Waals surface area contributed by atoms with Gasteiger partial charge in [-0.25, -0.2) is 0 Å². The standard InChI is InChI=1S/C23H19ClN4OS/c24-19-13-7-8-14-20(19)25-15-22-26-27-23(28(22)18-11-5-2-6-12-18)30-16-21(29)17-9-3-1-4-10-17/h1-14,25H,15-16H2. The van der Waals surface area contributed by atoms with Crippen LogP contribution in [0.3, 0.4) is 0 Å². The van der Waals surface area contributed by atoms with E-state index in [0.29, 0.717) is 22.3 Å². The smallest absolute Gasteiger partial charge is 0.196 e. The molecule has 5 nitrogen and oxygen atoms in total. The number of halogens is 1. The molecular formula is C23H19ClN4OS. The van der Waals surface area contributed by atoms with E-state index in [4.69, 9.17) is 11.6 Å². The Morgan fingerprint density at radius 3 is 2.30 bits per heavy atom. The molecule has 0 saturated heterocycles. The van der Waals surface area contributed by atoms with Crippen LogP contribution in [0.5, 0.6) is 0 Å². The van der Waals surface area contributed by atoms with Gasteiger partial charge in [-0.3, -0.25) is 9.36 Å². The summed E-state index contributed by atoms with van der Waals surface area (Å²) in [7, 11) is 0. The molecule has 3 aromatic carbocycles. The first kappa shape index (κ1) is 20.2. The number of Topliss-reactive ketones (excluding diaryl/α,β-unsaturated/α-hetero) is 1. The van der Waals surface area contributed by atoms with E-state index in [1.807, 2.05) is 89.5 Å². The van der Waals surface area contributed by atoms with Crippen molar-refractivity contribution < 1.29 is 4.79 Å². The third kappa shape index (κ3) is 4.72. The third-order valence-corrected chi connectivity index (χ3v) is 5.71. The first-order chi connectivity index (χ1) is 14.7. The van der Waals surface area contributed by atoms with Gasteiger partial charge in [0.25, 0.3) is 0 Å². The fourth-order valence-corrected chi connectivity index (χ4v) is 4.03. The molecule has 0 saturated carbocycles. The average molecular weight is 435 g/mol. The molecule has 4 aromatic rings. The SMILES string of the molecule is O=C(CSc1nnc(CNc2ccccc2Cl)n1-c1ccccc1)c1ccccc1. The second kappa shape index (κ2) is 9.61. The predicted molar refractivity (Wildman–Crippen MR) is 122 cm³/mol. The zero-order valence-corrected chi connectivity index (χ0v) is 17.6. The zero-order chi connectivity index (χ0) is 20.8. The average Bonchev–Trinajstić information content (AvgIpc) is 3.21. The lowest BCUT2D eigenvalue weighted by Crippen LogP contribution is -2.09. The molecule has 0 atom stereocenters. The number of ketones is 1. The van der Waals surface area contributed by atoms with Crippen LogP contribution in [0.2, 0.25) is 5.02 Å². The van der Waals surface area contributed by atoms with Gasteiger partial charge in [0.1, 0.15) is 0 Å². The molecule has 0 fully saturated rings. The van der Waals surface area contributed by atoms with Gasteiger partial charge in [-0.1, -0.05) is 84.0 Å². The summed E-state index contributed by atoms with van der Waals surface area (Å²) < 4.78 is 1.97. The summed E-state index contributed by atoms with van der Waals surface area (Å²) in [5.41, 5.74) is 2.46. The number of hydrogen-bond acceptors (Lipinski definition) is 5. The van der Waals surface area contributed by atoms with Gasteiger partial charge in [0.2, 0.25) is 0 Å². The zero-order valence-electron chi connectivity index (χ0n) is 16.0. The van der Waals surface area contributed by atoms with E-state index < -0.39 is 0 Å². The topological polar surface area (TPSA) is 59.8 Å². The van der Waals surface area contributed by atoms with Crippen LogP contribution in [0, 0.1) is 0 Å². The van der Waals surface area contributed by atoms with Gasteiger partial charge in [-0.05, 0) is 24.3 Å². The number of hydrogen-bond donors (Lipinski definition) is 1. The molecule has 0 unspecified atom stereocenters. The maximum atomic E-state index is 12.5. The molecule has 1 heterocycles. The van der Waals surface area contributed by atoms with Gasteiger partial charge in [0, 0.05) is 11.3 Å². The number of rotatable bonds is 8. The van der Waals surface area contributed by atoms with Crippen molar-refractivity contribution in [3.63, 3.8) is 0 Å². The van der Waals surface area contributed by atoms with E-state index in [9.17, 15) is 4.79 Å². The van der Waals surface area contributed by atoms with Gasteiger partial charge in [-0.2, -0.15) is 0 Å². The molecule has 0 radical (unpaired) electrons. The molecular weight excluding hydrogens is 416 g/mol.